The van der Waals surface area contributed by atoms with Crippen LogP contribution >= 0.6 is 0 Å². The molecule has 0 fully saturated rings. The Bertz CT molecular complexity index is 232. The molecule has 0 bridgehead atoms. The highest BCUT2D eigenvalue weighted by atomic mass is 16.3. The van der Waals surface area contributed by atoms with Crippen molar-refractivity contribution in [3.63, 3.8) is 0 Å². The summed E-state index contributed by atoms with van der Waals surface area (Å²) in [5.41, 5.74) is 0. The number of hydrogen-bond donors (Lipinski definition) is 1. The zero-order valence-corrected chi connectivity index (χ0v) is 7.56. The highest BCUT2D eigenvalue weighted by molar-refractivity contribution is 4.86. The fraction of sp³-hybridized carbons (Fsp3) is 0.750. The molecule has 1 heterocycles. The smallest absolute Gasteiger partial charge is 0.138 e. The summed E-state index contributed by atoms with van der Waals surface area (Å²) in [6.07, 6.45) is 2.81. The zero-order valence-electron chi connectivity index (χ0n) is 7.56. The van der Waals surface area contributed by atoms with Crippen molar-refractivity contribution in [1.82, 2.24) is 14.8 Å². The Morgan fingerprint density at radius 2 is 2.42 bits per heavy atom. The first kappa shape index (κ1) is 9.19. The summed E-state index contributed by atoms with van der Waals surface area (Å²) in [4.78, 5) is 4.07. The van der Waals surface area contributed by atoms with Crippen molar-refractivity contribution >= 4 is 0 Å². The average molecular weight is 169 g/mol. The van der Waals surface area contributed by atoms with Gasteiger partial charge in [-0.15, -0.1) is 0 Å². The van der Waals surface area contributed by atoms with Crippen LogP contribution < -0.4 is 0 Å². The Hall–Kier alpha value is -0.900. The normalized spacial score (nSPS) is 13.2. The number of hydrogen-bond acceptors (Lipinski definition) is 3. The van der Waals surface area contributed by atoms with Gasteiger partial charge in [-0.1, -0.05) is 6.92 Å². The standard InChI is InChI=1S/C8H15N3O/c1-3-4-11-8(5-7(2)12)9-6-10-11/h6-7,12H,3-5H2,1-2H3. The fourth-order valence-electron chi connectivity index (χ4n) is 1.11. The SMILES string of the molecule is CCCn1ncnc1CC(C)O. The summed E-state index contributed by atoms with van der Waals surface area (Å²) in [5, 5.41) is 13.2. The maximum absolute atomic E-state index is 9.14. The summed E-state index contributed by atoms with van der Waals surface area (Å²) in [6, 6.07) is 0. The van der Waals surface area contributed by atoms with Crippen LogP contribution in [0.1, 0.15) is 26.1 Å². The molecule has 12 heavy (non-hydrogen) atoms. The minimum Gasteiger partial charge on any atom is -0.393 e. The summed E-state index contributed by atoms with van der Waals surface area (Å²) in [6.45, 7) is 4.72. The van der Waals surface area contributed by atoms with Crippen molar-refractivity contribution in [2.75, 3.05) is 0 Å². The highest BCUT2D eigenvalue weighted by Gasteiger charge is 2.05. The van der Waals surface area contributed by atoms with Gasteiger partial charge in [-0.2, -0.15) is 5.10 Å². The molecule has 0 aliphatic rings. The average Bonchev–Trinajstić information content (AvgIpc) is 2.37. The van der Waals surface area contributed by atoms with Gasteiger partial charge in [-0.05, 0) is 13.3 Å². The molecule has 0 amide bonds. The molecule has 1 rings (SSSR count). The monoisotopic (exact) mass is 169 g/mol. The number of nitrogens with zero attached hydrogens (tertiary/aromatic N) is 3. The molecule has 1 N–H and O–H groups in total. The van der Waals surface area contributed by atoms with E-state index in [0.717, 1.165) is 18.8 Å². The van der Waals surface area contributed by atoms with E-state index in [4.69, 9.17) is 5.11 Å². The van der Waals surface area contributed by atoms with E-state index in [1.165, 1.54) is 6.33 Å². The van der Waals surface area contributed by atoms with Crippen molar-refractivity contribution < 1.29 is 5.11 Å². The van der Waals surface area contributed by atoms with Crippen LogP contribution in [0.2, 0.25) is 0 Å². The van der Waals surface area contributed by atoms with E-state index in [0.29, 0.717) is 6.42 Å². The third kappa shape index (κ3) is 2.30. The van der Waals surface area contributed by atoms with Gasteiger partial charge in [0, 0.05) is 13.0 Å². The van der Waals surface area contributed by atoms with Crippen LogP contribution in [-0.2, 0) is 13.0 Å². The summed E-state index contributed by atoms with van der Waals surface area (Å²) in [5.74, 6) is 0.867. The van der Waals surface area contributed by atoms with E-state index in [-0.39, 0.29) is 6.10 Å². The van der Waals surface area contributed by atoms with E-state index in [1.54, 1.807) is 6.92 Å². The summed E-state index contributed by atoms with van der Waals surface area (Å²) >= 11 is 0. The van der Waals surface area contributed by atoms with Crippen molar-refractivity contribution in [2.45, 2.75) is 39.3 Å². The number of aryl methyl sites for hydroxylation is 1. The maximum Gasteiger partial charge on any atom is 0.138 e. The van der Waals surface area contributed by atoms with E-state index >= 15 is 0 Å². The first-order valence-electron chi connectivity index (χ1n) is 4.28. The van der Waals surface area contributed by atoms with Gasteiger partial charge in [-0.25, -0.2) is 4.98 Å². The third-order valence-corrected chi connectivity index (χ3v) is 1.61. The molecular formula is C8H15N3O. The van der Waals surface area contributed by atoms with Crippen LogP contribution in [0.15, 0.2) is 6.33 Å². The van der Waals surface area contributed by atoms with Gasteiger partial charge in [0.05, 0.1) is 6.10 Å². The van der Waals surface area contributed by atoms with Crippen molar-refractivity contribution in [3.05, 3.63) is 12.2 Å². The Balaban J connectivity index is 2.63. The molecule has 0 aliphatic heterocycles. The Kier molecular flexibility index (Phi) is 3.22. The van der Waals surface area contributed by atoms with Crippen molar-refractivity contribution in [1.29, 1.82) is 0 Å². The quantitative estimate of drug-likeness (QED) is 0.718. The molecule has 1 aromatic heterocycles. The van der Waals surface area contributed by atoms with Gasteiger partial charge >= 0.3 is 0 Å². The molecule has 0 radical (unpaired) electrons. The van der Waals surface area contributed by atoms with Gasteiger partial charge in [-0.3, -0.25) is 4.68 Å². The van der Waals surface area contributed by atoms with Gasteiger partial charge in [0.1, 0.15) is 12.2 Å². The van der Waals surface area contributed by atoms with Crippen molar-refractivity contribution in [3.8, 4) is 0 Å². The van der Waals surface area contributed by atoms with Crippen LogP contribution in [0.3, 0.4) is 0 Å². The summed E-state index contributed by atoms with van der Waals surface area (Å²) < 4.78 is 1.84. The second kappa shape index (κ2) is 4.21. The lowest BCUT2D eigenvalue weighted by molar-refractivity contribution is 0.191. The predicted octanol–water partition coefficient (Wildman–Crippen LogP) is 0.611. The third-order valence-electron chi connectivity index (χ3n) is 1.61. The van der Waals surface area contributed by atoms with Crippen LogP contribution in [0.4, 0.5) is 0 Å². The number of aliphatic hydroxyl groups excluding tert-OH is 1. The van der Waals surface area contributed by atoms with Crippen molar-refractivity contribution in [2.24, 2.45) is 0 Å². The van der Waals surface area contributed by atoms with Crippen LogP contribution in [-0.4, -0.2) is 26.0 Å². The molecule has 1 aromatic rings. The largest absolute Gasteiger partial charge is 0.393 e. The van der Waals surface area contributed by atoms with Crippen LogP contribution in [0.5, 0.6) is 0 Å². The number of aliphatic hydroxyl groups is 1. The molecule has 0 saturated carbocycles. The Morgan fingerprint density at radius 3 is 3.00 bits per heavy atom. The van der Waals surface area contributed by atoms with E-state index in [2.05, 4.69) is 17.0 Å². The lowest BCUT2D eigenvalue weighted by Crippen LogP contribution is -2.12. The van der Waals surface area contributed by atoms with E-state index in [9.17, 15) is 0 Å². The highest BCUT2D eigenvalue weighted by Crippen LogP contribution is 1.99. The lowest BCUT2D eigenvalue weighted by atomic mass is 10.3. The lowest BCUT2D eigenvalue weighted by Gasteiger charge is -2.05. The minimum absolute atomic E-state index is 0.343. The molecule has 1 atom stereocenters. The summed E-state index contributed by atoms with van der Waals surface area (Å²) in [7, 11) is 0. The molecule has 0 saturated heterocycles. The van der Waals surface area contributed by atoms with E-state index < -0.39 is 0 Å². The molecule has 4 heteroatoms. The molecule has 4 nitrogen and oxygen atoms in total. The Morgan fingerprint density at radius 1 is 1.67 bits per heavy atom. The maximum atomic E-state index is 9.14. The molecule has 0 aromatic carbocycles. The first-order valence-corrected chi connectivity index (χ1v) is 4.28. The fourth-order valence-corrected chi connectivity index (χ4v) is 1.11. The Labute approximate surface area is 72.2 Å². The van der Waals surface area contributed by atoms with Crippen LogP contribution in [0, 0.1) is 0 Å². The topological polar surface area (TPSA) is 50.9 Å². The predicted molar refractivity (Wildman–Crippen MR) is 45.7 cm³/mol. The van der Waals surface area contributed by atoms with Gasteiger partial charge < -0.3 is 5.11 Å². The molecule has 68 valence electrons. The second-order valence-corrected chi connectivity index (χ2v) is 2.95. The molecule has 0 aliphatic carbocycles. The molecular weight excluding hydrogens is 154 g/mol. The minimum atomic E-state index is -0.343. The zero-order chi connectivity index (χ0) is 8.97. The van der Waals surface area contributed by atoms with Crippen LogP contribution in [0.25, 0.3) is 0 Å². The number of rotatable bonds is 4. The van der Waals surface area contributed by atoms with E-state index in [1.807, 2.05) is 4.68 Å². The first-order chi connectivity index (χ1) is 5.74. The van der Waals surface area contributed by atoms with Gasteiger partial charge in [0.25, 0.3) is 0 Å². The van der Waals surface area contributed by atoms with Gasteiger partial charge in [0.2, 0.25) is 0 Å². The number of aromatic nitrogens is 3. The molecule has 1 unspecified atom stereocenters. The molecule has 0 spiro atoms. The van der Waals surface area contributed by atoms with Gasteiger partial charge in [0.15, 0.2) is 0 Å². The second-order valence-electron chi connectivity index (χ2n) is 2.95.